The minimum absolute atomic E-state index is 0.00552. The maximum absolute atomic E-state index is 13.5. The van der Waals surface area contributed by atoms with Gasteiger partial charge >= 0.3 is 0 Å². The van der Waals surface area contributed by atoms with Gasteiger partial charge in [0.25, 0.3) is 5.97 Å². The molecule has 5 nitrogen and oxygen atoms in total. The normalized spacial score (nSPS) is 13.9. The molecule has 142 valence electrons. The van der Waals surface area contributed by atoms with Crippen molar-refractivity contribution < 1.29 is 14.3 Å². The van der Waals surface area contributed by atoms with E-state index in [4.69, 9.17) is 15.7 Å². The summed E-state index contributed by atoms with van der Waals surface area (Å²) in [6.07, 6.45) is 1.72. The number of H-pyrrole nitrogens is 1. The molecule has 4 rings (SSSR count). The lowest BCUT2D eigenvalue weighted by molar-refractivity contribution is -0.136. The van der Waals surface area contributed by atoms with Gasteiger partial charge in [0, 0.05) is 28.0 Å². The number of carbonyl (C=O) groups is 1. The van der Waals surface area contributed by atoms with Crippen LogP contribution >= 0.6 is 0 Å². The van der Waals surface area contributed by atoms with Crippen molar-refractivity contribution in [3.05, 3.63) is 59.7 Å². The number of aromatic nitrogens is 3. The Bertz CT molecular complexity index is 1210. The molecule has 0 fully saturated rings. The molecule has 8 heteroatoms. The quantitative estimate of drug-likeness (QED) is 0.510. The zero-order valence-electron chi connectivity index (χ0n) is 16.1. The molecule has 0 bridgehead atoms. The third kappa shape index (κ3) is 3.12. The van der Waals surface area contributed by atoms with Gasteiger partial charge in [-0.1, -0.05) is 13.8 Å². The summed E-state index contributed by atoms with van der Waals surface area (Å²) in [5.41, 5.74) is 3.91. The van der Waals surface area contributed by atoms with Crippen LogP contribution in [0.1, 0.15) is 36.8 Å². The van der Waals surface area contributed by atoms with E-state index in [-0.39, 0.29) is 11.7 Å². The fourth-order valence-electron chi connectivity index (χ4n) is 3.89. The molecule has 0 aliphatic carbocycles. The highest BCUT2D eigenvalue weighted by Gasteiger charge is 2.29. The first-order valence-corrected chi connectivity index (χ1v) is 9.30. The van der Waals surface area contributed by atoms with Crippen molar-refractivity contribution >= 4 is 43.5 Å². The maximum Gasteiger partial charge on any atom is 0.297 e. The van der Waals surface area contributed by atoms with Gasteiger partial charge in [0.2, 0.25) is 0 Å². The third-order valence-corrected chi connectivity index (χ3v) is 5.24. The van der Waals surface area contributed by atoms with Crippen LogP contribution < -0.4 is 0 Å². The van der Waals surface area contributed by atoms with E-state index < -0.39 is 17.6 Å². The van der Waals surface area contributed by atoms with Crippen LogP contribution in [0.3, 0.4) is 0 Å². The minimum Gasteiger partial charge on any atom is -0.482 e. The predicted molar refractivity (Wildman–Crippen MR) is 113 cm³/mol. The summed E-state index contributed by atoms with van der Waals surface area (Å²) in [6, 6.07) is 10.0. The highest BCUT2D eigenvalue weighted by molar-refractivity contribution is 6.30. The van der Waals surface area contributed by atoms with Crippen LogP contribution in [0.4, 0.5) is 4.39 Å². The van der Waals surface area contributed by atoms with Crippen LogP contribution in [-0.2, 0) is 4.79 Å². The maximum atomic E-state index is 13.5. The Morgan fingerprint density at radius 2 is 1.90 bits per heavy atom. The number of nitrogens with zero attached hydrogens (tertiary/aromatic N) is 2. The summed E-state index contributed by atoms with van der Waals surface area (Å²) < 4.78 is 15.5. The van der Waals surface area contributed by atoms with E-state index in [1.807, 2.05) is 30.5 Å². The van der Waals surface area contributed by atoms with Gasteiger partial charge in [0.1, 0.15) is 5.82 Å². The number of nitrogens with one attached hydrogen (secondary N) is 1. The third-order valence-electron chi connectivity index (χ3n) is 5.24. The molecule has 4 radical (unpaired) electrons. The average Bonchev–Trinajstić information content (AvgIpc) is 3.27. The van der Waals surface area contributed by atoms with Crippen molar-refractivity contribution in [3.63, 3.8) is 0 Å². The van der Waals surface area contributed by atoms with Gasteiger partial charge in [-0.05, 0) is 53.7 Å². The van der Waals surface area contributed by atoms with E-state index in [1.54, 1.807) is 18.3 Å². The second-order valence-corrected chi connectivity index (χ2v) is 7.48. The summed E-state index contributed by atoms with van der Waals surface area (Å²) in [7, 11) is 12.3. The molecule has 2 N–H and O–H groups in total. The van der Waals surface area contributed by atoms with E-state index in [9.17, 15) is 14.3 Å². The van der Waals surface area contributed by atoms with Crippen molar-refractivity contribution in [2.24, 2.45) is 0 Å². The molecule has 29 heavy (non-hydrogen) atoms. The van der Waals surface area contributed by atoms with Gasteiger partial charge < -0.3 is 9.67 Å². The number of fused-ring (bicyclic) bond motifs is 2. The first-order valence-electron chi connectivity index (χ1n) is 9.30. The number of carboxylic acids is 1. The zero-order valence-corrected chi connectivity index (χ0v) is 16.1. The summed E-state index contributed by atoms with van der Waals surface area (Å²) in [5.74, 6) is -3.69. The van der Waals surface area contributed by atoms with Crippen LogP contribution in [0.25, 0.3) is 27.5 Å². The number of aliphatic carboxylic acids is 1. The van der Waals surface area contributed by atoms with Crippen LogP contribution in [-0.4, -0.2) is 41.5 Å². The SMILES string of the molecule is [B]C(C(=O)O)C([B])c1c(C(C)C)n(-c2ccc(F)cc2)c2cc3cn[nH]c3cc12. The topological polar surface area (TPSA) is 70.9 Å². The first kappa shape index (κ1) is 19.3. The van der Waals surface area contributed by atoms with Crippen molar-refractivity contribution in [1.82, 2.24) is 14.8 Å². The average molecular weight is 385 g/mol. The smallest absolute Gasteiger partial charge is 0.297 e. The number of aromatic amines is 1. The molecular weight excluding hydrogens is 367 g/mol. The Hall–Kier alpha value is -3.02. The molecule has 2 unspecified atom stereocenters. The molecule has 2 atom stereocenters. The van der Waals surface area contributed by atoms with Crippen molar-refractivity contribution in [2.45, 2.75) is 31.4 Å². The lowest BCUT2D eigenvalue weighted by Crippen LogP contribution is -2.18. The highest BCUT2D eigenvalue weighted by atomic mass is 19.1. The van der Waals surface area contributed by atoms with Gasteiger partial charge in [-0.15, -0.1) is 0 Å². The Labute approximate surface area is 169 Å². The zero-order chi connectivity index (χ0) is 20.9. The van der Waals surface area contributed by atoms with E-state index >= 15 is 0 Å². The number of rotatable bonds is 5. The molecule has 0 aliphatic heterocycles. The summed E-state index contributed by atoms with van der Waals surface area (Å²) in [6.45, 7) is 4.01. The van der Waals surface area contributed by atoms with Gasteiger partial charge in [0.05, 0.1) is 32.9 Å². The largest absolute Gasteiger partial charge is 0.482 e. The Balaban J connectivity index is 2.13. The highest BCUT2D eigenvalue weighted by Crippen LogP contribution is 2.41. The molecular formula is C21H18B2FN3O2. The van der Waals surface area contributed by atoms with E-state index in [0.29, 0.717) is 5.56 Å². The fourth-order valence-corrected chi connectivity index (χ4v) is 3.89. The van der Waals surface area contributed by atoms with Gasteiger partial charge in [-0.2, -0.15) is 5.10 Å². The Morgan fingerprint density at radius 1 is 1.21 bits per heavy atom. The van der Waals surface area contributed by atoms with Crippen molar-refractivity contribution in [2.75, 3.05) is 0 Å². The first-order chi connectivity index (χ1) is 13.8. The molecule has 2 aromatic carbocycles. The molecule has 2 aromatic heterocycles. The fraction of sp³-hybridized carbons (Fsp3) is 0.238. The van der Waals surface area contributed by atoms with Gasteiger partial charge in [0.15, 0.2) is 0 Å². The second-order valence-electron chi connectivity index (χ2n) is 7.48. The van der Waals surface area contributed by atoms with E-state index in [2.05, 4.69) is 10.2 Å². The lowest BCUT2D eigenvalue weighted by atomic mass is 9.62. The van der Waals surface area contributed by atoms with Crippen molar-refractivity contribution in [1.29, 1.82) is 0 Å². The minimum atomic E-state index is -1.27. The number of benzene rings is 2. The number of hydrogen-bond donors (Lipinski definition) is 2. The molecule has 2 heterocycles. The monoisotopic (exact) mass is 385 g/mol. The second kappa shape index (κ2) is 7.10. The Morgan fingerprint density at radius 3 is 2.52 bits per heavy atom. The number of carboxylic acid groups (broad SMARTS) is 1. The molecule has 0 spiro atoms. The van der Waals surface area contributed by atoms with E-state index in [0.717, 1.165) is 33.2 Å². The summed E-state index contributed by atoms with van der Waals surface area (Å²) in [5, 5.41) is 18.1. The predicted octanol–water partition coefficient (Wildman–Crippen LogP) is 4.02. The lowest BCUT2D eigenvalue weighted by Gasteiger charge is -2.22. The van der Waals surface area contributed by atoms with Gasteiger partial charge in [-0.3, -0.25) is 9.89 Å². The van der Waals surface area contributed by atoms with Gasteiger partial charge in [-0.25, -0.2) is 4.39 Å². The van der Waals surface area contributed by atoms with Crippen LogP contribution in [0, 0.1) is 5.82 Å². The standard InChI is InChI=1S/C21H18B2FN3O2/c1-10(2)20-17(18(22)19(23)21(28)29)14-8-15-11(9-25-26-15)7-16(14)27(20)13-5-3-12(24)4-6-13/h3-10,18-19H,1-2H3,(H,25,26)(H,28,29). The summed E-state index contributed by atoms with van der Waals surface area (Å²) in [4.78, 5) is 11.5. The molecule has 0 saturated heterocycles. The number of halogens is 1. The van der Waals surface area contributed by atoms with E-state index in [1.165, 1.54) is 12.1 Å². The molecule has 0 saturated carbocycles. The van der Waals surface area contributed by atoms with Crippen LogP contribution in [0.2, 0.25) is 5.82 Å². The van der Waals surface area contributed by atoms with Crippen molar-refractivity contribution in [3.8, 4) is 5.69 Å². The Kier molecular flexibility index (Phi) is 4.73. The molecule has 4 aromatic rings. The van der Waals surface area contributed by atoms with Crippen LogP contribution in [0.5, 0.6) is 0 Å². The molecule has 0 aliphatic rings. The number of hydrogen-bond acceptors (Lipinski definition) is 2. The summed E-state index contributed by atoms with van der Waals surface area (Å²) >= 11 is 0. The molecule has 0 amide bonds. The van der Waals surface area contributed by atoms with Crippen LogP contribution in [0.15, 0.2) is 42.6 Å².